The standard InChI is InChI=1S/C13H19B4FN4O3/c1-24-9-4-6(21-11-20-5-7(18)10(19)22-11)2-3-8(9)25-13(16,17)12(14,15)23/h2-5,23H,14-17H2,1H3,(H3,19,20,21,22). The second-order valence-electron chi connectivity index (χ2n) is 6.59. The Labute approximate surface area is 149 Å². The lowest BCUT2D eigenvalue weighted by Gasteiger charge is -2.39. The maximum atomic E-state index is 13.1. The van der Waals surface area contributed by atoms with Gasteiger partial charge in [0.2, 0.25) is 5.95 Å². The zero-order valence-electron chi connectivity index (χ0n) is 14.9. The first kappa shape index (κ1) is 19.0. The normalized spacial score (nSPS) is 11.8. The van der Waals surface area contributed by atoms with E-state index < -0.39 is 16.6 Å². The Kier molecular flexibility index (Phi) is 5.22. The van der Waals surface area contributed by atoms with Gasteiger partial charge in [-0.2, -0.15) is 4.98 Å². The maximum Gasteiger partial charge on any atom is 0.229 e. The Balaban J connectivity index is 2.25. The average Bonchev–Trinajstić information content (AvgIpc) is 2.51. The van der Waals surface area contributed by atoms with Crippen LogP contribution in [-0.4, -0.2) is 64.4 Å². The van der Waals surface area contributed by atoms with E-state index in [-0.39, 0.29) is 11.8 Å². The minimum atomic E-state index is -1.06. The van der Waals surface area contributed by atoms with Gasteiger partial charge in [0.25, 0.3) is 0 Å². The van der Waals surface area contributed by atoms with E-state index in [0.29, 0.717) is 17.2 Å². The van der Waals surface area contributed by atoms with Crippen molar-refractivity contribution in [2.24, 2.45) is 0 Å². The van der Waals surface area contributed by atoms with Gasteiger partial charge in [-0.05, 0) is 12.1 Å². The summed E-state index contributed by atoms with van der Waals surface area (Å²) in [7, 11) is 8.42. The summed E-state index contributed by atoms with van der Waals surface area (Å²) < 4.78 is 24.4. The molecule has 128 valence electrons. The van der Waals surface area contributed by atoms with E-state index >= 15 is 0 Å². The van der Waals surface area contributed by atoms with Crippen LogP contribution in [0.1, 0.15) is 0 Å². The lowest BCUT2D eigenvalue weighted by atomic mass is 9.42. The summed E-state index contributed by atoms with van der Waals surface area (Å²) in [6.45, 7) is 0. The van der Waals surface area contributed by atoms with Crippen LogP contribution in [0, 0.1) is 5.82 Å². The smallest absolute Gasteiger partial charge is 0.229 e. The molecule has 0 fully saturated rings. The van der Waals surface area contributed by atoms with Crippen LogP contribution in [0.4, 0.5) is 21.8 Å². The molecule has 1 aromatic carbocycles. The van der Waals surface area contributed by atoms with Crippen molar-refractivity contribution in [3.63, 3.8) is 0 Å². The molecule has 0 saturated heterocycles. The summed E-state index contributed by atoms with van der Waals surface area (Å²) in [4.78, 5) is 7.63. The minimum Gasteiger partial charge on any atom is -0.500 e. The molecule has 0 aliphatic carbocycles. The third-order valence-corrected chi connectivity index (χ3v) is 4.03. The molecule has 0 atom stereocenters. The molecule has 2 aromatic rings. The molecule has 1 heterocycles. The number of aromatic nitrogens is 2. The topological polar surface area (TPSA) is 103 Å². The second kappa shape index (κ2) is 6.87. The Morgan fingerprint density at radius 1 is 1.24 bits per heavy atom. The van der Waals surface area contributed by atoms with Gasteiger partial charge >= 0.3 is 0 Å². The number of nitrogens with zero attached hydrogens (tertiary/aromatic N) is 2. The molecular formula is C13H19B4FN4O3. The summed E-state index contributed by atoms with van der Waals surface area (Å²) in [5.74, 6) is 0.167. The molecular weight excluding hydrogens is 322 g/mol. The summed E-state index contributed by atoms with van der Waals surface area (Å²) in [5.41, 5.74) is 6.04. The van der Waals surface area contributed by atoms with Gasteiger partial charge in [0, 0.05) is 17.2 Å². The monoisotopic (exact) mass is 342 g/mol. The molecule has 0 amide bonds. The molecule has 1 aromatic heterocycles. The summed E-state index contributed by atoms with van der Waals surface area (Å²) >= 11 is 0. The van der Waals surface area contributed by atoms with Crippen LogP contribution >= 0.6 is 0 Å². The van der Waals surface area contributed by atoms with E-state index in [1.54, 1.807) is 49.6 Å². The molecule has 25 heavy (non-hydrogen) atoms. The third-order valence-electron chi connectivity index (χ3n) is 4.03. The van der Waals surface area contributed by atoms with Crippen molar-refractivity contribution in [2.75, 3.05) is 18.2 Å². The van der Waals surface area contributed by atoms with E-state index in [1.807, 2.05) is 0 Å². The highest BCUT2D eigenvalue weighted by Crippen LogP contribution is 2.34. The number of benzene rings is 1. The number of ether oxygens (including phenoxy) is 2. The molecule has 0 saturated carbocycles. The zero-order chi connectivity index (χ0) is 18.8. The molecule has 0 aliphatic rings. The van der Waals surface area contributed by atoms with Gasteiger partial charge in [0.05, 0.1) is 18.7 Å². The molecule has 0 unspecified atom stereocenters. The van der Waals surface area contributed by atoms with Gasteiger partial charge in [0.15, 0.2) is 23.1 Å². The van der Waals surface area contributed by atoms with Crippen LogP contribution in [-0.2, 0) is 0 Å². The van der Waals surface area contributed by atoms with Crippen molar-refractivity contribution < 1.29 is 19.0 Å². The third kappa shape index (κ3) is 4.39. The van der Waals surface area contributed by atoms with E-state index in [2.05, 4.69) is 15.3 Å². The van der Waals surface area contributed by atoms with Crippen LogP contribution < -0.4 is 20.5 Å². The second-order valence-corrected chi connectivity index (χ2v) is 6.59. The van der Waals surface area contributed by atoms with Crippen molar-refractivity contribution >= 4 is 48.8 Å². The number of hydrogen-bond donors (Lipinski definition) is 3. The molecule has 0 radical (unpaired) electrons. The lowest BCUT2D eigenvalue weighted by molar-refractivity contribution is 0.0792. The molecule has 12 heteroatoms. The van der Waals surface area contributed by atoms with Crippen molar-refractivity contribution in [2.45, 2.75) is 10.8 Å². The van der Waals surface area contributed by atoms with Crippen molar-refractivity contribution in [1.82, 2.24) is 9.97 Å². The molecule has 0 aliphatic heterocycles. The number of methoxy groups -OCH3 is 1. The molecule has 0 bridgehead atoms. The van der Waals surface area contributed by atoms with E-state index in [0.717, 1.165) is 6.20 Å². The van der Waals surface area contributed by atoms with E-state index in [9.17, 15) is 9.50 Å². The number of halogens is 1. The largest absolute Gasteiger partial charge is 0.500 e. The Bertz CT molecular complexity index is 773. The lowest BCUT2D eigenvalue weighted by Crippen LogP contribution is -2.60. The first-order chi connectivity index (χ1) is 11.5. The number of rotatable bonds is 6. The Hall–Kier alpha value is -2.35. The number of aliphatic hydroxyl groups is 1. The fraction of sp³-hybridized carbons (Fsp3) is 0.231. The number of hydrogen-bond acceptors (Lipinski definition) is 7. The van der Waals surface area contributed by atoms with Gasteiger partial charge in [0.1, 0.15) is 31.4 Å². The predicted molar refractivity (Wildman–Crippen MR) is 105 cm³/mol. The Morgan fingerprint density at radius 2 is 1.92 bits per heavy atom. The van der Waals surface area contributed by atoms with Gasteiger partial charge < -0.3 is 25.6 Å². The van der Waals surface area contributed by atoms with Crippen LogP contribution in [0.3, 0.4) is 0 Å². The highest BCUT2D eigenvalue weighted by Gasteiger charge is 2.37. The van der Waals surface area contributed by atoms with Crippen LogP contribution in [0.15, 0.2) is 24.4 Å². The Morgan fingerprint density at radius 3 is 2.48 bits per heavy atom. The quantitative estimate of drug-likeness (QED) is 0.486. The summed E-state index contributed by atoms with van der Waals surface area (Å²) in [6, 6.07) is 5.10. The van der Waals surface area contributed by atoms with Crippen molar-refractivity contribution in [3.8, 4) is 11.5 Å². The minimum absolute atomic E-state index is 0.159. The van der Waals surface area contributed by atoms with Crippen molar-refractivity contribution in [1.29, 1.82) is 0 Å². The molecule has 7 nitrogen and oxygen atoms in total. The molecule has 4 N–H and O–H groups in total. The fourth-order valence-electron chi connectivity index (χ4n) is 1.80. The first-order valence-corrected chi connectivity index (χ1v) is 7.68. The summed E-state index contributed by atoms with van der Waals surface area (Å²) in [6.07, 6.45) is 0.991. The van der Waals surface area contributed by atoms with Crippen LogP contribution in [0.5, 0.6) is 11.5 Å². The number of nitrogens with two attached hydrogens (primary N) is 1. The van der Waals surface area contributed by atoms with Gasteiger partial charge in [-0.3, -0.25) is 0 Å². The first-order valence-electron chi connectivity index (χ1n) is 7.68. The highest BCUT2D eigenvalue weighted by atomic mass is 19.1. The predicted octanol–water partition coefficient (Wildman–Crippen LogP) is -2.84. The van der Waals surface area contributed by atoms with Crippen LogP contribution in [0.25, 0.3) is 0 Å². The van der Waals surface area contributed by atoms with E-state index in [4.69, 9.17) is 15.2 Å². The van der Waals surface area contributed by atoms with Gasteiger partial charge in [-0.1, -0.05) is 0 Å². The summed E-state index contributed by atoms with van der Waals surface area (Å²) in [5, 5.41) is 11.2. The van der Waals surface area contributed by atoms with Crippen molar-refractivity contribution in [3.05, 3.63) is 30.2 Å². The van der Waals surface area contributed by atoms with Gasteiger partial charge in [-0.15, -0.1) is 0 Å². The van der Waals surface area contributed by atoms with Crippen LogP contribution in [0.2, 0.25) is 0 Å². The highest BCUT2D eigenvalue weighted by molar-refractivity contribution is 6.53. The SMILES string of the molecule is BC(B)(O)C(B)(B)Oc1ccc(Nc2ncc(F)c(N)n2)cc1OC. The zero-order valence-corrected chi connectivity index (χ0v) is 14.9. The maximum absolute atomic E-state index is 13.1. The number of anilines is 3. The molecule has 0 spiro atoms. The molecule has 2 rings (SSSR count). The van der Waals surface area contributed by atoms with Gasteiger partial charge in [-0.25, -0.2) is 9.37 Å². The fourth-order valence-corrected chi connectivity index (χ4v) is 1.80. The average molecular weight is 342 g/mol. The van der Waals surface area contributed by atoms with E-state index in [1.165, 1.54) is 7.11 Å². The number of nitrogen functional groups attached to an aromatic ring is 1. The number of nitrogens with one attached hydrogen (secondary N) is 1.